The van der Waals surface area contributed by atoms with Gasteiger partial charge < -0.3 is 10.4 Å². The largest absolute Gasteiger partial charge is 0.396 e. The lowest BCUT2D eigenvalue weighted by atomic mass is 9.95. The van der Waals surface area contributed by atoms with Gasteiger partial charge >= 0.3 is 0 Å². The number of benzene rings is 1. The molecule has 0 amide bonds. The summed E-state index contributed by atoms with van der Waals surface area (Å²) in [5.41, 5.74) is 4.07. The summed E-state index contributed by atoms with van der Waals surface area (Å²) in [6, 6.07) is 6.61. The van der Waals surface area contributed by atoms with Crippen LogP contribution in [0.25, 0.3) is 0 Å². The van der Waals surface area contributed by atoms with Crippen molar-refractivity contribution in [1.82, 2.24) is 5.32 Å². The van der Waals surface area contributed by atoms with Crippen LogP contribution in [0.1, 0.15) is 30.5 Å². The van der Waals surface area contributed by atoms with Crippen LogP contribution in [0, 0.1) is 19.3 Å². The molecule has 96 valence electrons. The van der Waals surface area contributed by atoms with Crippen LogP contribution in [0.5, 0.6) is 0 Å². The zero-order valence-electron chi connectivity index (χ0n) is 11.5. The SMILES string of the molecule is Cc1ccc(CCNCC(C)(C)CO)c(C)c1. The van der Waals surface area contributed by atoms with E-state index in [1.54, 1.807) is 0 Å². The van der Waals surface area contributed by atoms with E-state index < -0.39 is 0 Å². The van der Waals surface area contributed by atoms with Gasteiger partial charge in [0.05, 0.1) is 0 Å². The lowest BCUT2D eigenvalue weighted by Crippen LogP contribution is -2.33. The zero-order valence-corrected chi connectivity index (χ0v) is 11.5. The third-order valence-corrected chi connectivity index (χ3v) is 3.10. The number of aliphatic hydroxyl groups is 1. The summed E-state index contributed by atoms with van der Waals surface area (Å²) < 4.78 is 0. The van der Waals surface area contributed by atoms with Gasteiger partial charge in [0, 0.05) is 18.6 Å². The van der Waals surface area contributed by atoms with E-state index in [0.717, 1.165) is 19.5 Å². The van der Waals surface area contributed by atoms with Crippen LogP contribution in [0.3, 0.4) is 0 Å². The molecule has 0 fully saturated rings. The van der Waals surface area contributed by atoms with Crippen LogP contribution in [0.2, 0.25) is 0 Å². The maximum Gasteiger partial charge on any atom is 0.0494 e. The predicted octanol–water partition coefficient (Wildman–Crippen LogP) is 2.45. The molecular formula is C15H25NO. The van der Waals surface area contributed by atoms with Gasteiger partial charge in [0.2, 0.25) is 0 Å². The van der Waals surface area contributed by atoms with Crippen molar-refractivity contribution < 1.29 is 5.11 Å². The third kappa shape index (κ3) is 4.88. The molecule has 0 heterocycles. The van der Waals surface area contributed by atoms with Crippen LogP contribution >= 0.6 is 0 Å². The minimum Gasteiger partial charge on any atom is -0.396 e. The van der Waals surface area contributed by atoms with Crippen molar-refractivity contribution in [3.8, 4) is 0 Å². The fraction of sp³-hybridized carbons (Fsp3) is 0.600. The fourth-order valence-corrected chi connectivity index (χ4v) is 1.83. The summed E-state index contributed by atoms with van der Waals surface area (Å²) in [7, 11) is 0. The molecule has 1 aromatic carbocycles. The molecule has 1 rings (SSSR count). The normalized spacial score (nSPS) is 11.8. The number of nitrogens with one attached hydrogen (secondary N) is 1. The van der Waals surface area contributed by atoms with Crippen LogP contribution in [-0.4, -0.2) is 24.8 Å². The second-order valence-corrected chi connectivity index (χ2v) is 5.68. The summed E-state index contributed by atoms with van der Waals surface area (Å²) >= 11 is 0. The van der Waals surface area contributed by atoms with Gasteiger partial charge in [-0.2, -0.15) is 0 Å². The van der Waals surface area contributed by atoms with Gasteiger partial charge in [-0.15, -0.1) is 0 Å². The first kappa shape index (κ1) is 14.2. The first-order valence-corrected chi connectivity index (χ1v) is 6.32. The Morgan fingerprint density at radius 2 is 1.94 bits per heavy atom. The molecule has 0 saturated carbocycles. The Kier molecular flexibility index (Phi) is 5.16. The van der Waals surface area contributed by atoms with Crippen molar-refractivity contribution in [2.75, 3.05) is 19.7 Å². The van der Waals surface area contributed by atoms with Crippen LogP contribution in [-0.2, 0) is 6.42 Å². The minimum absolute atomic E-state index is 0.0255. The Hall–Kier alpha value is -0.860. The summed E-state index contributed by atoms with van der Waals surface area (Å²) in [6.07, 6.45) is 1.05. The zero-order chi connectivity index (χ0) is 12.9. The summed E-state index contributed by atoms with van der Waals surface area (Å²) in [4.78, 5) is 0. The lowest BCUT2D eigenvalue weighted by Gasteiger charge is -2.22. The molecular weight excluding hydrogens is 210 g/mol. The molecule has 0 aliphatic rings. The minimum atomic E-state index is -0.0255. The molecule has 17 heavy (non-hydrogen) atoms. The molecule has 2 heteroatoms. The average molecular weight is 235 g/mol. The molecule has 0 bridgehead atoms. The van der Waals surface area contributed by atoms with Crippen molar-refractivity contribution in [2.45, 2.75) is 34.1 Å². The van der Waals surface area contributed by atoms with Crippen LogP contribution < -0.4 is 5.32 Å². The molecule has 0 aromatic heterocycles. The highest BCUT2D eigenvalue weighted by Gasteiger charge is 2.15. The molecule has 0 saturated heterocycles. The molecule has 0 spiro atoms. The Bertz CT molecular complexity index is 358. The van der Waals surface area contributed by atoms with Crippen LogP contribution in [0.4, 0.5) is 0 Å². The van der Waals surface area contributed by atoms with Gasteiger partial charge in [-0.25, -0.2) is 0 Å². The van der Waals surface area contributed by atoms with E-state index in [-0.39, 0.29) is 12.0 Å². The highest BCUT2D eigenvalue weighted by Crippen LogP contribution is 2.12. The Labute approximate surface area is 105 Å². The van der Waals surface area contributed by atoms with E-state index in [2.05, 4.69) is 51.2 Å². The molecule has 0 atom stereocenters. The quantitative estimate of drug-likeness (QED) is 0.742. The third-order valence-electron chi connectivity index (χ3n) is 3.10. The van der Waals surface area contributed by atoms with Gasteiger partial charge in [0.1, 0.15) is 0 Å². The molecule has 2 N–H and O–H groups in total. The molecule has 0 radical (unpaired) electrons. The second-order valence-electron chi connectivity index (χ2n) is 5.68. The van der Waals surface area contributed by atoms with E-state index in [1.165, 1.54) is 16.7 Å². The van der Waals surface area contributed by atoms with Crippen molar-refractivity contribution in [1.29, 1.82) is 0 Å². The maximum absolute atomic E-state index is 9.15. The first-order chi connectivity index (χ1) is 7.94. The monoisotopic (exact) mass is 235 g/mol. The topological polar surface area (TPSA) is 32.3 Å². The maximum atomic E-state index is 9.15. The molecule has 1 aromatic rings. The Balaban J connectivity index is 2.36. The lowest BCUT2D eigenvalue weighted by molar-refractivity contribution is 0.157. The standard InChI is InChI=1S/C15H25NO/c1-12-5-6-14(13(2)9-12)7-8-16-10-15(3,4)11-17/h5-6,9,16-17H,7-8,10-11H2,1-4H3. The number of hydrogen-bond acceptors (Lipinski definition) is 2. The highest BCUT2D eigenvalue weighted by atomic mass is 16.3. The summed E-state index contributed by atoms with van der Waals surface area (Å²) in [5.74, 6) is 0. The number of aliphatic hydroxyl groups excluding tert-OH is 1. The van der Waals surface area contributed by atoms with E-state index in [1.807, 2.05) is 0 Å². The Morgan fingerprint density at radius 3 is 2.53 bits per heavy atom. The van der Waals surface area contributed by atoms with Gasteiger partial charge in [0.15, 0.2) is 0 Å². The number of rotatable bonds is 6. The second kappa shape index (κ2) is 6.18. The van der Waals surface area contributed by atoms with E-state index in [0.29, 0.717) is 0 Å². The first-order valence-electron chi connectivity index (χ1n) is 6.32. The van der Waals surface area contributed by atoms with E-state index >= 15 is 0 Å². The fourth-order valence-electron chi connectivity index (χ4n) is 1.83. The van der Waals surface area contributed by atoms with Crippen molar-refractivity contribution in [2.24, 2.45) is 5.41 Å². The van der Waals surface area contributed by atoms with Gasteiger partial charge in [-0.05, 0) is 37.9 Å². The molecule has 0 aliphatic heterocycles. The smallest absolute Gasteiger partial charge is 0.0494 e. The van der Waals surface area contributed by atoms with Crippen molar-refractivity contribution in [3.05, 3.63) is 34.9 Å². The van der Waals surface area contributed by atoms with Gasteiger partial charge in [-0.3, -0.25) is 0 Å². The summed E-state index contributed by atoms with van der Waals surface area (Å²) in [5, 5.41) is 12.6. The average Bonchev–Trinajstić information content (AvgIpc) is 2.27. The summed E-state index contributed by atoms with van der Waals surface area (Å²) in [6.45, 7) is 10.5. The van der Waals surface area contributed by atoms with Crippen molar-refractivity contribution >= 4 is 0 Å². The number of hydrogen-bond donors (Lipinski definition) is 2. The van der Waals surface area contributed by atoms with E-state index in [4.69, 9.17) is 5.11 Å². The van der Waals surface area contributed by atoms with Gasteiger partial charge in [-0.1, -0.05) is 37.6 Å². The number of aryl methyl sites for hydroxylation is 2. The van der Waals surface area contributed by atoms with Crippen LogP contribution in [0.15, 0.2) is 18.2 Å². The Morgan fingerprint density at radius 1 is 1.24 bits per heavy atom. The van der Waals surface area contributed by atoms with Crippen molar-refractivity contribution in [3.63, 3.8) is 0 Å². The molecule has 2 nitrogen and oxygen atoms in total. The molecule has 0 unspecified atom stereocenters. The van der Waals surface area contributed by atoms with E-state index in [9.17, 15) is 0 Å². The highest BCUT2D eigenvalue weighted by molar-refractivity contribution is 5.30. The molecule has 0 aliphatic carbocycles. The predicted molar refractivity (Wildman–Crippen MR) is 73.4 cm³/mol. The van der Waals surface area contributed by atoms with Gasteiger partial charge in [0.25, 0.3) is 0 Å².